The summed E-state index contributed by atoms with van der Waals surface area (Å²) in [6.07, 6.45) is 3.37. The summed E-state index contributed by atoms with van der Waals surface area (Å²) >= 11 is 0. The number of nitrogens with one attached hydrogen (secondary N) is 1. The van der Waals surface area contributed by atoms with E-state index < -0.39 is 0 Å². The molecule has 1 heterocycles. The quantitative estimate of drug-likeness (QED) is 0.730. The van der Waals surface area contributed by atoms with Crippen LogP contribution in [0, 0.1) is 0 Å². The lowest BCUT2D eigenvalue weighted by atomic mass is 10.1. The van der Waals surface area contributed by atoms with Gasteiger partial charge < -0.3 is 10.2 Å². The summed E-state index contributed by atoms with van der Waals surface area (Å²) < 4.78 is 0. The minimum Gasteiger partial charge on any atom is -0.348 e. The molecular weight excluding hydrogens is 338 g/mol. The molecule has 3 aromatic rings. The van der Waals surface area contributed by atoms with Gasteiger partial charge >= 0.3 is 0 Å². The molecule has 0 aliphatic rings. The third-order valence-corrected chi connectivity index (χ3v) is 4.20. The van der Waals surface area contributed by atoms with Gasteiger partial charge in [0.2, 0.25) is 0 Å². The molecule has 2 aromatic carbocycles. The van der Waals surface area contributed by atoms with Crippen LogP contribution in [0.4, 0.5) is 5.69 Å². The first-order valence-corrected chi connectivity index (χ1v) is 8.83. The standard InChI is InChI=1S/C22H21N3O2/c1-2-25(20-9-4-3-5-10-20)22(27)19-8-6-7-18(15-19)21(26)24-16-17-11-13-23-14-12-17/h3-15H,2,16H2,1H3,(H,24,26). The molecule has 0 aliphatic carbocycles. The zero-order valence-corrected chi connectivity index (χ0v) is 15.1. The van der Waals surface area contributed by atoms with E-state index in [1.165, 1.54) is 0 Å². The van der Waals surface area contributed by atoms with E-state index in [2.05, 4.69) is 10.3 Å². The minimum atomic E-state index is -0.218. The van der Waals surface area contributed by atoms with Crippen LogP contribution in [0.5, 0.6) is 0 Å². The molecule has 3 rings (SSSR count). The topological polar surface area (TPSA) is 62.3 Å². The van der Waals surface area contributed by atoms with Crippen molar-refractivity contribution < 1.29 is 9.59 Å². The highest BCUT2D eigenvalue weighted by Crippen LogP contribution is 2.17. The number of benzene rings is 2. The maximum Gasteiger partial charge on any atom is 0.258 e. The van der Waals surface area contributed by atoms with Crippen molar-refractivity contribution in [2.75, 3.05) is 11.4 Å². The van der Waals surface area contributed by atoms with Crippen molar-refractivity contribution in [1.29, 1.82) is 0 Å². The van der Waals surface area contributed by atoms with E-state index in [-0.39, 0.29) is 11.8 Å². The van der Waals surface area contributed by atoms with Gasteiger partial charge in [-0.1, -0.05) is 24.3 Å². The maximum absolute atomic E-state index is 12.9. The number of hydrogen-bond acceptors (Lipinski definition) is 3. The summed E-state index contributed by atoms with van der Waals surface area (Å²) in [7, 11) is 0. The Balaban J connectivity index is 1.74. The second-order valence-electron chi connectivity index (χ2n) is 6.00. The van der Waals surface area contributed by atoms with E-state index in [1.54, 1.807) is 41.6 Å². The van der Waals surface area contributed by atoms with Crippen LogP contribution in [-0.4, -0.2) is 23.3 Å². The lowest BCUT2D eigenvalue weighted by Crippen LogP contribution is -2.31. The molecular formula is C22H21N3O2. The molecule has 0 bridgehead atoms. The van der Waals surface area contributed by atoms with Gasteiger partial charge in [0, 0.05) is 42.3 Å². The number of carbonyl (C=O) groups is 2. The monoisotopic (exact) mass is 359 g/mol. The number of hydrogen-bond donors (Lipinski definition) is 1. The highest BCUT2D eigenvalue weighted by molar-refractivity contribution is 6.07. The molecule has 27 heavy (non-hydrogen) atoms. The third-order valence-electron chi connectivity index (χ3n) is 4.20. The van der Waals surface area contributed by atoms with Crippen LogP contribution in [0.25, 0.3) is 0 Å². The maximum atomic E-state index is 12.9. The van der Waals surface area contributed by atoms with Crippen molar-refractivity contribution >= 4 is 17.5 Å². The Hall–Kier alpha value is -3.47. The van der Waals surface area contributed by atoms with E-state index in [1.807, 2.05) is 49.4 Å². The van der Waals surface area contributed by atoms with Crippen LogP contribution >= 0.6 is 0 Å². The molecule has 0 saturated carbocycles. The Morgan fingerprint density at radius 2 is 1.63 bits per heavy atom. The number of aromatic nitrogens is 1. The van der Waals surface area contributed by atoms with Gasteiger partial charge in [-0.2, -0.15) is 0 Å². The summed E-state index contributed by atoms with van der Waals surface area (Å²) in [6.45, 7) is 2.88. The first-order valence-electron chi connectivity index (χ1n) is 8.83. The highest BCUT2D eigenvalue weighted by Gasteiger charge is 2.17. The summed E-state index contributed by atoms with van der Waals surface area (Å²) in [5.41, 5.74) is 2.74. The van der Waals surface area contributed by atoms with Gasteiger partial charge in [0.1, 0.15) is 0 Å². The van der Waals surface area contributed by atoms with Crippen LogP contribution in [-0.2, 0) is 6.54 Å². The van der Waals surface area contributed by atoms with Gasteiger partial charge in [-0.3, -0.25) is 14.6 Å². The van der Waals surface area contributed by atoms with Crippen LogP contribution in [0.3, 0.4) is 0 Å². The third kappa shape index (κ3) is 4.58. The first-order chi connectivity index (χ1) is 13.2. The van der Waals surface area contributed by atoms with E-state index >= 15 is 0 Å². The minimum absolute atomic E-state index is 0.132. The zero-order chi connectivity index (χ0) is 19.1. The Morgan fingerprint density at radius 3 is 2.33 bits per heavy atom. The van der Waals surface area contributed by atoms with Gasteiger partial charge in [-0.25, -0.2) is 0 Å². The van der Waals surface area contributed by atoms with Crippen LogP contribution in [0.15, 0.2) is 79.1 Å². The normalized spacial score (nSPS) is 10.3. The Morgan fingerprint density at radius 1 is 0.926 bits per heavy atom. The number of para-hydroxylation sites is 1. The van der Waals surface area contributed by atoms with Crippen LogP contribution in [0.2, 0.25) is 0 Å². The summed E-state index contributed by atoms with van der Waals surface area (Å²) in [4.78, 5) is 31.0. The Labute approximate surface area is 158 Å². The van der Waals surface area contributed by atoms with Crippen molar-refractivity contribution in [2.45, 2.75) is 13.5 Å². The molecule has 0 radical (unpaired) electrons. The SMILES string of the molecule is CCN(C(=O)c1cccc(C(=O)NCc2ccncc2)c1)c1ccccc1. The van der Waals surface area contributed by atoms with E-state index in [0.717, 1.165) is 11.3 Å². The van der Waals surface area contributed by atoms with Crippen molar-refractivity contribution in [3.63, 3.8) is 0 Å². The lowest BCUT2D eigenvalue weighted by molar-refractivity contribution is 0.0951. The molecule has 0 unspecified atom stereocenters. The van der Waals surface area contributed by atoms with Crippen molar-refractivity contribution in [3.05, 3.63) is 95.8 Å². The highest BCUT2D eigenvalue weighted by atomic mass is 16.2. The van der Waals surface area contributed by atoms with E-state index in [4.69, 9.17) is 0 Å². The van der Waals surface area contributed by atoms with E-state index in [9.17, 15) is 9.59 Å². The van der Waals surface area contributed by atoms with Crippen molar-refractivity contribution in [1.82, 2.24) is 10.3 Å². The predicted molar refractivity (Wildman–Crippen MR) is 106 cm³/mol. The Kier molecular flexibility index (Phi) is 5.94. The number of nitrogens with zero attached hydrogens (tertiary/aromatic N) is 2. The van der Waals surface area contributed by atoms with Gasteiger partial charge in [0.25, 0.3) is 11.8 Å². The molecule has 0 fully saturated rings. The van der Waals surface area contributed by atoms with E-state index in [0.29, 0.717) is 24.2 Å². The molecule has 5 nitrogen and oxygen atoms in total. The second kappa shape index (κ2) is 8.76. The van der Waals surface area contributed by atoms with Crippen LogP contribution in [0.1, 0.15) is 33.2 Å². The summed E-state index contributed by atoms with van der Waals surface area (Å²) in [6, 6.07) is 20.0. The molecule has 1 aromatic heterocycles. The molecule has 0 saturated heterocycles. The number of rotatable bonds is 6. The average molecular weight is 359 g/mol. The van der Waals surface area contributed by atoms with Gasteiger partial charge in [-0.15, -0.1) is 0 Å². The number of anilines is 1. The van der Waals surface area contributed by atoms with Crippen molar-refractivity contribution in [3.8, 4) is 0 Å². The fourth-order valence-corrected chi connectivity index (χ4v) is 2.79. The second-order valence-corrected chi connectivity index (χ2v) is 6.00. The van der Waals surface area contributed by atoms with Gasteiger partial charge in [0.05, 0.1) is 0 Å². The van der Waals surface area contributed by atoms with Gasteiger partial charge in [-0.05, 0) is 55.0 Å². The predicted octanol–water partition coefficient (Wildman–Crippen LogP) is 3.68. The molecule has 0 spiro atoms. The fraction of sp³-hybridized carbons (Fsp3) is 0.136. The summed E-state index contributed by atoms with van der Waals surface area (Å²) in [5.74, 6) is -0.350. The lowest BCUT2D eigenvalue weighted by Gasteiger charge is -2.21. The molecule has 136 valence electrons. The van der Waals surface area contributed by atoms with Crippen molar-refractivity contribution in [2.24, 2.45) is 0 Å². The number of carbonyl (C=O) groups excluding carboxylic acids is 2. The number of amides is 2. The molecule has 1 N–H and O–H groups in total. The first kappa shape index (κ1) is 18.3. The smallest absolute Gasteiger partial charge is 0.258 e. The van der Waals surface area contributed by atoms with Gasteiger partial charge in [0.15, 0.2) is 0 Å². The fourth-order valence-electron chi connectivity index (χ4n) is 2.79. The largest absolute Gasteiger partial charge is 0.348 e. The number of pyridine rings is 1. The van der Waals surface area contributed by atoms with Crippen LogP contribution < -0.4 is 10.2 Å². The average Bonchev–Trinajstić information content (AvgIpc) is 2.74. The zero-order valence-electron chi connectivity index (χ0n) is 15.1. The molecule has 2 amide bonds. The molecule has 0 atom stereocenters. The summed E-state index contributed by atoms with van der Waals surface area (Å²) in [5, 5.41) is 2.86. The molecule has 5 heteroatoms. The molecule has 0 aliphatic heterocycles. The Bertz CT molecular complexity index is 911.